The van der Waals surface area contributed by atoms with Gasteiger partial charge in [-0.1, -0.05) is 30.3 Å². The van der Waals surface area contributed by atoms with Gasteiger partial charge in [-0.25, -0.2) is 9.37 Å². The predicted molar refractivity (Wildman–Crippen MR) is 106 cm³/mol. The smallest absolute Gasteiger partial charge is 0.226 e. The molecule has 27 heavy (non-hydrogen) atoms. The second-order valence-corrected chi connectivity index (χ2v) is 7.11. The number of thiazole rings is 1. The lowest BCUT2D eigenvalue weighted by Crippen LogP contribution is -2.28. The van der Waals surface area contributed by atoms with Crippen LogP contribution in [0.1, 0.15) is 5.69 Å². The van der Waals surface area contributed by atoms with E-state index in [1.165, 1.54) is 23.5 Å². The van der Waals surface area contributed by atoms with Crippen molar-refractivity contribution in [1.82, 2.24) is 14.9 Å². The molecule has 0 bridgehead atoms. The molecule has 0 fully saturated rings. The van der Waals surface area contributed by atoms with E-state index in [0.717, 1.165) is 27.2 Å². The summed E-state index contributed by atoms with van der Waals surface area (Å²) >= 11 is 1.54. The van der Waals surface area contributed by atoms with Crippen molar-refractivity contribution >= 4 is 28.1 Å². The molecule has 0 aliphatic rings. The summed E-state index contributed by atoms with van der Waals surface area (Å²) in [6.45, 7) is 1.07. The monoisotopic (exact) mass is 379 g/mol. The quantitative estimate of drug-likeness (QED) is 0.544. The molecule has 4 rings (SSSR count). The van der Waals surface area contributed by atoms with Gasteiger partial charge in [0.1, 0.15) is 10.8 Å². The summed E-state index contributed by atoms with van der Waals surface area (Å²) in [5, 5.41) is 6.73. The van der Waals surface area contributed by atoms with Gasteiger partial charge in [-0.2, -0.15) is 0 Å². The van der Waals surface area contributed by atoms with Gasteiger partial charge >= 0.3 is 0 Å². The number of fused-ring (bicyclic) bond motifs is 1. The maximum absolute atomic E-state index is 13.4. The summed E-state index contributed by atoms with van der Waals surface area (Å²) in [5.41, 5.74) is 2.65. The number of nitrogens with one attached hydrogen (secondary N) is 1. The molecule has 0 unspecified atom stereocenters. The Balaban J connectivity index is 1.32. The van der Waals surface area contributed by atoms with Gasteiger partial charge in [0.25, 0.3) is 0 Å². The number of nitrogens with zero attached hydrogens (tertiary/aromatic N) is 2. The van der Waals surface area contributed by atoms with Gasteiger partial charge in [0.2, 0.25) is 5.91 Å². The Morgan fingerprint density at radius 3 is 2.85 bits per heavy atom. The number of benzene rings is 2. The van der Waals surface area contributed by atoms with Crippen LogP contribution in [-0.2, 0) is 17.8 Å². The van der Waals surface area contributed by atoms with Crippen LogP contribution in [0, 0.1) is 5.82 Å². The second kappa shape index (κ2) is 7.72. The van der Waals surface area contributed by atoms with E-state index < -0.39 is 0 Å². The van der Waals surface area contributed by atoms with E-state index in [9.17, 15) is 9.18 Å². The van der Waals surface area contributed by atoms with Gasteiger partial charge in [0.05, 0.1) is 17.6 Å². The zero-order chi connectivity index (χ0) is 18.6. The van der Waals surface area contributed by atoms with Crippen molar-refractivity contribution in [3.63, 3.8) is 0 Å². The van der Waals surface area contributed by atoms with Crippen molar-refractivity contribution in [3.8, 4) is 10.6 Å². The normalized spacial score (nSPS) is 11.0. The summed E-state index contributed by atoms with van der Waals surface area (Å²) in [4.78, 5) is 16.7. The fourth-order valence-corrected chi connectivity index (χ4v) is 3.82. The van der Waals surface area contributed by atoms with E-state index in [4.69, 9.17) is 0 Å². The molecule has 0 aliphatic carbocycles. The Morgan fingerprint density at radius 2 is 2.00 bits per heavy atom. The third kappa shape index (κ3) is 4.06. The molecule has 1 N–H and O–H groups in total. The first kappa shape index (κ1) is 17.4. The molecule has 136 valence electrons. The van der Waals surface area contributed by atoms with Crippen LogP contribution >= 0.6 is 11.3 Å². The summed E-state index contributed by atoms with van der Waals surface area (Å²) in [7, 11) is 0. The van der Waals surface area contributed by atoms with Crippen LogP contribution in [0.2, 0.25) is 0 Å². The number of carbonyl (C=O) groups is 1. The SMILES string of the molecule is O=C(Cc1csc(-c2ccccc2)n1)NCCn1ccc2ccc(F)cc21. The number of rotatable bonds is 6. The van der Waals surface area contributed by atoms with Gasteiger partial charge < -0.3 is 9.88 Å². The summed E-state index contributed by atoms with van der Waals surface area (Å²) in [6.07, 6.45) is 2.16. The maximum atomic E-state index is 13.4. The van der Waals surface area contributed by atoms with Crippen LogP contribution in [-0.4, -0.2) is 22.0 Å². The van der Waals surface area contributed by atoms with Crippen LogP contribution in [0.15, 0.2) is 66.2 Å². The molecule has 0 atom stereocenters. The van der Waals surface area contributed by atoms with E-state index in [1.807, 2.05) is 52.5 Å². The Bertz CT molecular complexity index is 1070. The molecule has 1 amide bonds. The lowest BCUT2D eigenvalue weighted by Gasteiger charge is -2.07. The average Bonchev–Trinajstić information content (AvgIpc) is 3.30. The van der Waals surface area contributed by atoms with Gasteiger partial charge in [-0.3, -0.25) is 4.79 Å². The fraction of sp³-hybridized carbons (Fsp3) is 0.143. The largest absolute Gasteiger partial charge is 0.354 e. The minimum absolute atomic E-state index is 0.0671. The highest BCUT2D eigenvalue weighted by atomic mass is 32.1. The third-order valence-corrected chi connectivity index (χ3v) is 5.27. The first-order valence-electron chi connectivity index (χ1n) is 8.70. The molecule has 0 saturated heterocycles. The zero-order valence-corrected chi connectivity index (χ0v) is 15.4. The topological polar surface area (TPSA) is 46.9 Å². The van der Waals surface area contributed by atoms with Crippen LogP contribution in [0.3, 0.4) is 0 Å². The van der Waals surface area contributed by atoms with Crippen LogP contribution in [0.25, 0.3) is 21.5 Å². The van der Waals surface area contributed by atoms with Gasteiger partial charge in [0, 0.05) is 30.2 Å². The number of aromatic nitrogens is 2. The van der Waals surface area contributed by atoms with E-state index in [0.29, 0.717) is 13.1 Å². The van der Waals surface area contributed by atoms with E-state index in [-0.39, 0.29) is 18.1 Å². The highest BCUT2D eigenvalue weighted by Crippen LogP contribution is 2.23. The first-order chi connectivity index (χ1) is 13.2. The summed E-state index contributed by atoms with van der Waals surface area (Å²) in [5.74, 6) is -0.327. The molecule has 2 aromatic heterocycles. The molecule has 0 spiro atoms. The lowest BCUT2D eigenvalue weighted by molar-refractivity contribution is -0.120. The van der Waals surface area contributed by atoms with Crippen molar-refractivity contribution in [2.45, 2.75) is 13.0 Å². The first-order valence-corrected chi connectivity index (χ1v) is 9.58. The van der Waals surface area contributed by atoms with Gasteiger partial charge in [-0.05, 0) is 29.7 Å². The van der Waals surface area contributed by atoms with Crippen LogP contribution < -0.4 is 5.32 Å². The second-order valence-electron chi connectivity index (χ2n) is 6.25. The minimum Gasteiger partial charge on any atom is -0.354 e. The van der Waals surface area contributed by atoms with Gasteiger partial charge in [-0.15, -0.1) is 11.3 Å². The van der Waals surface area contributed by atoms with Crippen molar-refractivity contribution in [3.05, 3.63) is 77.7 Å². The lowest BCUT2D eigenvalue weighted by atomic mass is 10.2. The van der Waals surface area contributed by atoms with Crippen molar-refractivity contribution in [1.29, 1.82) is 0 Å². The molecule has 2 aromatic carbocycles. The number of hydrogen-bond donors (Lipinski definition) is 1. The zero-order valence-electron chi connectivity index (χ0n) is 14.6. The predicted octanol–water partition coefficient (Wildman–Crippen LogP) is 4.26. The maximum Gasteiger partial charge on any atom is 0.226 e. The molecule has 0 radical (unpaired) electrons. The number of halogens is 1. The molecule has 0 saturated carbocycles. The summed E-state index contributed by atoms with van der Waals surface area (Å²) in [6, 6.07) is 16.6. The Morgan fingerprint density at radius 1 is 1.15 bits per heavy atom. The van der Waals surface area contributed by atoms with Crippen molar-refractivity contribution in [2.24, 2.45) is 0 Å². The van der Waals surface area contributed by atoms with E-state index in [2.05, 4.69) is 10.3 Å². The highest BCUT2D eigenvalue weighted by Gasteiger charge is 2.09. The molecular formula is C21H18FN3OS. The molecule has 0 aliphatic heterocycles. The molecule has 6 heteroatoms. The molecular weight excluding hydrogens is 361 g/mol. The number of amides is 1. The van der Waals surface area contributed by atoms with Crippen LogP contribution in [0.5, 0.6) is 0 Å². The summed E-state index contributed by atoms with van der Waals surface area (Å²) < 4.78 is 15.4. The van der Waals surface area contributed by atoms with Crippen LogP contribution in [0.4, 0.5) is 4.39 Å². The number of hydrogen-bond acceptors (Lipinski definition) is 3. The standard InChI is InChI=1S/C21H18FN3OS/c22-17-7-6-15-8-10-25(19(15)12-17)11-9-23-20(26)13-18-14-27-21(24-18)16-4-2-1-3-5-16/h1-8,10,12,14H,9,11,13H2,(H,23,26). The number of carbonyl (C=O) groups excluding carboxylic acids is 1. The Kier molecular flexibility index (Phi) is 4.98. The Labute approximate surface area is 160 Å². The Hall–Kier alpha value is -2.99. The third-order valence-electron chi connectivity index (χ3n) is 4.32. The van der Waals surface area contributed by atoms with Crippen molar-refractivity contribution in [2.75, 3.05) is 6.54 Å². The highest BCUT2D eigenvalue weighted by molar-refractivity contribution is 7.13. The van der Waals surface area contributed by atoms with Crippen molar-refractivity contribution < 1.29 is 9.18 Å². The molecule has 4 nitrogen and oxygen atoms in total. The van der Waals surface area contributed by atoms with Gasteiger partial charge in [0.15, 0.2) is 0 Å². The minimum atomic E-state index is -0.260. The average molecular weight is 379 g/mol. The van der Waals surface area contributed by atoms with E-state index >= 15 is 0 Å². The molecule has 2 heterocycles. The fourth-order valence-electron chi connectivity index (χ4n) is 3.00. The van der Waals surface area contributed by atoms with E-state index in [1.54, 1.807) is 6.07 Å². The molecule has 4 aromatic rings.